The van der Waals surface area contributed by atoms with Crippen LogP contribution in [0.4, 0.5) is 11.4 Å². The van der Waals surface area contributed by atoms with E-state index in [4.69, 9.17) is 11.6 Å². The first-order chi connectivity index (χ1) is 9.92. The zero-order chi connectivity index (χ0) is 15.5. The van der Waals surface area contributed by atoms with Crippen molar-refractivity contribution in [3.8, 4) is 0 Å². The van der Waals surface area contributed by atoms with Gasteiger partial charge in [0.15, 0.2) is 0 Å². The van der Waals surface area contributed by atoms with Crippen LogP contribution >= 0.6 is 11.6 Å². The lowest BCUT2D eigenvalue weighted by molar-refractivity contribution is 0.601. The van der Waals surface area contributed by atoms with Crippen LogP contribution in [0.5, 0.6) is 0 Å². The molecule has 6 heteroatoms. The van der Waals surface area contributed by atoms with Gasteiger partial charge in [0.1, 0.15) is 0 Å². The predicted molar refractivity (Wildman–Crippen MR) is 87.6 cm³/mol. The Kier molecular flexibility index (Phi) is 4.75. The fourth-order valence-corrected chi connectivity index (χ4v) is 3.17. The lowest BCUT2D eigenvalue weighted by Gasteiger charge is -2.11. The summed E-state index contributed by atoms with van der Waals surface area (Å²) >= 11 is 6.02. The number of anilines is 2. The van der Waals surface area contributed by atoms with Gasteiger partial charge in [-0.2, -0.15) is 0 Å². The van der Waals surface area contributed by atoms with Gasteiger partial charge in [-0.25, -0.2) is 8.42 Å². The number of benzene rings is 2. The van der Waals surface area contributed by atoms with Gasteiger partial charge in [0, 0.05) is 12.2 Å². The normalized spacial score (nSPS) is 11.2. The van der Waals surface area contributed by atoms with Crippen molar-refractivity contribution in [2.24, 2.45) is 0 Å². The SMILES string of the molecule is CCNc1ccc(S(=O)(=O)Nc2cc(C)ccc2Cl)cc1. The second-order valence-electron chi connectivity index (χ2n) is 4.64. The molecule has 0 radical (unpaired) electrons. The van der Waals surface area contributed by atoms with Gasteiger partial charge in [0.05, 0.1) is 15.6 Å². The summed E-state index contributed by atoms with van der Waals surface area (Å²) in [6.07, 6.45) is 0. The third kappa shape index (κ3) is 3.89. The smallest absolute Gasteiger partial charge is 0.261 e. The van der Waals surface area contributed by atoms with Crippen LogP contribution in [-0.2, 0) is 10.0 Å². The van der Waals surface area contributed by atoms with Gasteiger partial charge in [0.25, 0.3) is 10.0 Å². The molecule has 4 nitrogen and oxygen atoms in total. The minimum Gasteiger partial charge on any atom is -0.385 e. The van der Waals surface area contributed by atoms with Gasteiger partial charge < -0.3 is 5.32 Å². The molecule has 2 aromatic carbocycles. The second kappa shape index (κ2) is 6.37. The Bertz CT molecular complexity index is 728. The lowest BCUT2D eigenvalue weighted by atomic mass is 10.2. The summed E-state index contributed by atoms with van der Waals surface area (Å²) in [5.74, 6) is 0. The third-order valence-electron chi connectivity index (χ3n) is 2.91. The Hall–Kier alpha value is -1.72. The predicted octanol–water partition coefficient (Wildman–Crippen LogP) is 3.88. The fraction of sp³-hybridized carbons (Fsp3) is 0.200. The average molecular weight is 325 g/mol. The maximum absolute atomic E-state index is 12.3. The molecule has 0 aliphatic rings. The van der Waals surface area contributed by atoms with E-state index in [2.05, 4.69) is 10.0 Å². The zero-order valence-electron chi connectivity index (χ0n) is 11.9. The molecule has 21 heavy (non-hydrogen) atoms. The molecule has 0 aliphatic carbocycles. The van der Waals surface area contributed by atoms with E-state index in [1.54, 1.807) is 36.4 Å². The van der Waals surface area contributed by atoms with Crippen LogP contribution in [0.25, 0.3) is 0 Å². The summed E-state index contributed by atoms with van der Waals surface area (Å²) in [4.78, 5) is 0.196. The van der Waals surface area contributed by atoms with Gasteiger partial charge in [-0.3, -0.25) is 4.72 Å². The molecule has 0 atom stereocenters. The minimum atomic E-state index is -3.65. The molecular weight excluding hydrogens is 308 g/mol. The highest BCUT2D eigenvalue weighted by molar-refractivity contribution is 7.92. The van der Waals surface area contributed by atoms with E-state index in [0.29, 0.717) is 10.7 Å². The highest BCUT2D eigenvalue weighted by atomic mass is 35.5. The fourth-order valence-electron chi connectivity index (χ4n) is 1.88. The lowest BCUT2D eigenvalue weighted by Crippen LogP contribution is -2.13. The maximum atomic E-state index is 12.3. The molecule has 0 aliphatic heterocycles. The molecule has 0 heterocycles. The van der Waals surface area contributed by atoms with Crippen LogP contribution in [0.2, 0.25) is 5.02 Å². The van der Waals surface area contributed by atoms with E-state index >= 15 is 0 Å². The van der Waals surface area contributed by atoms with Crippen molar-refractivity contribution in [1.82, 2.24) is 0 Å². The molecule has 2 aromatic rings. The van der Waals surface area contributed by atoms with Crippen LogP contribution in [-0.4, -0.2) is 15.0 Å². The van der Waals surface area contributed by atoms with Crippen molar-refractivity contribution >= 4 is 33.0 Å². The Balaban J connectivity index is 2.27. The van der Waals surface area contributed by atoms with Gasteiger partial charge >= 0.3 is 0 Å². The van der Waals surface area contributed by atoms with Crippen molar-refractivity contribution in [3.63, 3.8) is 0 Å². The first-order valence-corrected chi connectivity index (χ1v) is 8.41. The molecular formula is C15H17ClN2O2S. The van der Waals surface area contributed by atoms with E-state index < -0.39 is 10.0 Å². The van der Waals surface area contributed by atoms with Crippen LogP contribution in [0.1, 0.15) is 12.5 Å². The van der Waals surface area contributed by atoms with Gasteiger partial charge in [0.2, 0.25) is 0 Å². The molecule has 0 amide bonds. The molecule has 2 rings (SSSR count). The largest absolute Gasteiger partial charge is 0.385 e. The molecule has 0 bridgehead atoms. The Morgan fingerprint density at radius 1 is 1.10 bits per heavy atom. The number of hydrogen-bond acceptors (Lipinski definition) is 3. The quantitative estimate of drug-likeness (QED) is 0.877. The first-order valence-electron chi connectivity index (χ1n) is 6.55. The Morgan fingerprint density at radius 3 is 2.38 bits per heavy atom. The first kappa shape index (κ1) is 15.7. The topological polar surface area (TPSA) is 58.2 Å². The maximum Gasteiger partial charge on any atom is 0.261 e. The monoisotopic (exact) mass is 324 g/mol. The summed E-state index contributed by atoms with van der Waals surface area (Å²) in [5.41, 5.74) is 2.19. The highest BCUT2D eigenvalue weighted by Gasteiger charge is 2.15. The summed E-state index contributed by atoms with van der Waals surface area (Å²) in [5, 5.41) is 3.49. The molecule has 0 unspecified atom stereocenters. The van der Waals surface area contributed by atoms with Crippen LogP contribution in [0.15, 0.2) is 47.4 Å². The van der Waals surface area contributed by atoms with E-state index in [1.165, 1.54) is 0 Å². The van der Waals surface area contributed by atoms with E-state index in [9.17, 15) is 8.42 Å². The van der Waals surface area contributed by atoms with E-state index in [-0.39, 0.29) is 4.90 Å². The second-order valence-corrected chi connectivity index (χ2v) is 6.73. The summed E-state index contributed by atoms with van der Waals surface area (Å²) in [6, 6.07) is 11.8. The van der Waals surface area contributed by atoms with Crippen molar-refractivity contribution < 1.29 is 8.42 Å². The summed E-state index contributed by atoms with van der Waals surface area (Å²) in [7, 11) is -3.65. The number of sulfonamides is 1. The van der Waals surface area contributed by atoms with Gasteiger partial charge in [-0.1, -0.05) is 17.7 Å². The summed E-state index contributed by atoms with van der Waals surface area (Å²) in [6.45, 7) is 4.63. The molecule has 112 valence electrons. The standard InChI is InChI=1S/C15H17ClN2O2S/c1-3-17-12-5-7-13(8-6-12)21(19,20)18-15-10-11(2)4-9-14(15)16/h4-10,17-18H,3H2,1-2H3. The van der Waals surface area contributed by atoms with Crippen molar-refractivity contribution in [3.05, 3.63) is 53.1 Å². The van der Waals surface area contributed by atoms with Crippen molar-refractivity contribution in [1.29, 1.82) is 0 Å². The molecule has 0 saturated heterocycles. The molecule has 0 fully saturated rings. The van der Waals surface area contributed by atoms with Crippen LogP contribution < -0.4 is 10.0 Å². The van der Waals surface area contributed by atoms with E-state index in [0.717, 1.165) is 17.8 Å². The number of halogens is 1. The third-order valence-corrected chi connectivity index (χ3v) is 4.62. The number of rotatable bonds is 5. The van der Waals surface area contributed by atoms with E-state index in [1.807, 2.05) is 19.9 Å². The Morgan fingerprint density at radius 2 is 1.76 bits per heavy atom. The average Bonchev–Trinajstić information content (AvgIpc) is 2.44. The molecule has 0 spiro atoms. The van der Waals surface area contributed by atoms with Crippen LogP contribution in [0.3, 0.4) is 0 Å². The molecule has 0 aromatic heterocycles. The van der Waals surface area contributed by atoms with Crippen LogP contribution in [0, 0.1) is 6.92 Å². The van der Waals surface area contributed by atoms with Crippen molar-refractivity contribution in [2.45, 2.75) is 18.7 Å². The minimum absolute atomic E-state index is 0.196. The van der Waals surface area contributed by atoms with Gasteiger partial charge in [-0.15, -0.1) is 0 Å². The highest BCUT2D eigenvalue weighted by Crippen LogP contribution is 2.26. The number of hydrogen-bond donors (Lipinski definition) is 2. The molecule has 0 saturated carbocycles. The van der Waals surface area contributed by atoms with Gasteiger partial charge in [-0.05, 0) is 55.8 Å². The molecule has 2 N–H and O–H groups in total. The summed E-state index contributed by atoms with van der Waals surface area (Å²) < 4.78 is 27.2. The number of nitrogens with one attached hydrogen (secondary N) is 2. The Labute approximate surface area is 130 Å². The zero-order valence-corrected chi connectivity index (χ0v) is 13.4. The number of aryl methyl sites for hydroxylation is 1. The van der Waals surface area contributed by atoms with Crippen molar-refractivity contribution in [2.75, 3.05) is 16.6 Å².